The Morgan fingerprint density at radius 2 is 1.81 bits per heavy atom. The molecular weight excluding hydrogens is 311 g/mol. The van der Waals surface area contributed by atoms with Crippen LogP contribution in [-0.2, 0) is 0 Å². The third-order valence-corrected chi connectivity index (χ3v) is 4.19. The topological polar surface area (TPSA) is 56.5 Å². The highest BCUT2D eigenvalue weighted by molar-refractivity contribution is 6.42. The standard InChI is InChI=1S/C15H14Cl2N2O2/c16-11-3-1-2-10(14(11)17)15(19-18)9-4-5-12-13(8-9)21-7-6-20-12/h1-5,8,15,19H,6-7,18H2. The number of hydrogen-bond donors (Lipinski definition) is 2. The van der Waals surface area contributed by atoms with E-state index in [1.54, 1.807) is 6.07 Å². The molecule has 1 heterocycles. The van der Waals surface area contributed by atoms with Crippen molar-refractivity contribution in [2.75, 3.05) is 13.2 Å². The van der Waals surface area contributed by atoms with E-state index in [0.717, 1.165) is 16.9 Å². The molecule has 21 heavy (non-hydrogen) atoms. The zero-order valence-corrected chi connectivity index (χ0v) is 12.6. The zero-order chi connectivity index (χ0) is 14.8. The summed E-state index contributed by atoms with van der Waals surface area (Å²) in [7, 11) is 0. The summed E-state index contributed by atoms with van der Waals surface area (Å²) in [6.07, 6.45) is 0. The first-order valence-corrected chi connectivity index (χ1v) is 7.26. The van der Waals surface area contributed by atoms with Crippen molar-refractivity contribution < 1.29 is 9.47 Å². The monoisotopic (exact) mass is 324 g/mol. The Labute approximate surface area is 132 Å². The summed E-state index contributed by atoms with van der Waals surface area (Å²) < 4.78 is 11.1. The van der Waals surface area contributed by atoms with Crippen LogP contribution in [0.3, 0.4) is 0 Å². The van der Waals surface area contributed by atoms with Gasteiger partial charge in [-0.2, -0.15) is 0 Å². The molecule has 0 radical (unpaired) electrons. The lowest BCUT2D eigenvalue weighted by Crippen LogP contribution is -2.29. The largest absolute Gasteiger partial charge is 0.486 e. The number of fused-ring (bicyclic) bond motifs is 1. The van der Waals surface area contributed by atoms with Crippen LogP contribution in [0.15, 0.2) is 36.4 Å². The van der Waals surface area contributed by atoms with Gasteiger partial charge in [-0.3, -0.25) is 5.84 Å². The molecule has 3 N–H and O–H groups in total. The van der Waals surface area contributed by atoms with Crippen molar-refractivity contribution in [3.8, 4) is 11.5 Å². The normalized spacial score (nSPS) is 14.8. The van der Waals surface area contributed by atoms with Crippen LogP contribution in [-0.4, -0.2) is 13.2 Å². The lowest BCUT2D eigenvalue weighted by atomic mass is 9.98. The fraction of sp³-hybridized carbons (Fsp3) is 0.200. The molecular formula is C15H14Cl2N2O2. The first-order chi connectivity index (χ1) is 10.2. The highest BCUT2D eigenvalue weighted by Crippen LogP contribution is 2.37. The number of nitrogens with one attached hydrogen (secondary N) is 1. The van der Waals surface area contributed by atoms with Crippen LogP contribution in [0, 0.1) is 0 Å². The van der Waals surface area contributed by atoms with E-state index in [2.05, 4.69) is 5.43 Å². The summed E-state index contributed by atoms with van der Waals surface area (Å²) in [6.45, 7) is 1.10. The Bertz CT molecular complexity index is 664. The van der Waals surface area contributed by atoms with Crippen LogP contribution in [0.1, 0.15) is 17.2 Å². The fourth-order valence-electron chi connectivity index (χ4n) is 2.35. The molecule has 2 aromatic rings. The number of nitrogens with two attached hydrogens (primary N) is 1. The van der Waals surface area contributed by atoms with Crippen LogP contribution in [0.25, 0.3) is 0 Å². The Balaban J connectivity index is 2.02. The van der Waals surface area contributed by atoms with Gasteiger partial charge < -0.3 is 9.47 Å². The van der Waals surface area contributed by atoms with E-state index in [9.17, 15) is 0 Å². The van der Waals surface area contributed by atoms with Crippen LogP contribution >= 0.6 is 23.2 Å². The van der Waals surface area contributed by atoms with Gasteiger partial charge in [0.15, 0.2) is 11.5 Å². The second-order valence-electron chi connectivity index (χ2n) is 4.65. The van der Waals surface area contributed by atoms with Crippen LogP contribution in [0.2, 0.25) is 10.0 Å². The lowest BCUT2D eigenvalue weighted by Gasteiger charge is -2.23. The van der Waals surface area contributed by atoms with E-state index >= 15 is 0 Å². The maximum absolute atomic E-state index is 6.28. The van der Waals surface area contributed by atoms with E-state index in [0.29, 0.717) is 29.0 Å². The number of ether oxygens (including phenoxy) is 2. The van der Waals surface area contributed by atoms with E-state index in [1.807, 2.05) is 30.3 Å². The molecule has 1 aliphatic heterocycles. The van der Waals surface area contributed by atoms with E-state index in [4.69, 9.17) is 38.5 Å². The SMILES string of the molecule is NNC(c1ccc2c(c1)OCCO2)c1cccc(Cl)c1Cl. The van der Waals surface area contributed by atoms with Gasteiger partial charge >= 0.3 is 0 Å². The van der Waals surface area contributed by atoms with Crippen molar-refractivity contribution in [2.45, 2.75) is 6.04 Å². The zero-order valence-electron chi connectivity index (χ0n) is 11.1. The van der Waals surface area contributed by atoms with Gasteiger partial charge in [-0.1, -0.05) is 41.4 Å². The molecule has 0 aromatic heterocycles. The van der Waals surface area contributed by atoms with Crippen molar-refractivity contribution in [3.05, 3.63) is 57.6 Å². The summed E-state index contributed by atoms with van der Waals surface area (Å²) in [5, 5.41) is 0.976. The molecule has 4 nitrogen and oxygen atoms in total. The Hall–Kier alpha value is -1.46. The molecule has 1 aliphatic rings. The van der Waals surface area contributed by atoms with Gasteiger partial charge in [-0.05, 0) is 29.3 Å². The van der Waals surface area contributed by atoms with Gasteiger partial charge in [-0.15, -0.1) is 0 Å². The Kier molecular flexibility index (Phi) is 4.22. The van der Waals surface area contributed by atoms with Crippen LogP contribution in [0.5, 0.6) is 11.5 Å². The number of benzene rings is 2. The summed E-state index contributed by atoms with van der Waals surface area (Å²) >= 11 is 12.3. The quantitative estimate of drug-likeness (QED) is 0.671. The molecule has 110 valence electrons. The minimum Gasteiger partial charge on any atom is -0.486 e. The van der Waals surface area contributed by atoms with Gasteiger partial charge in [0.25, 0.3) is 0 Å². The minimum atomic E-state index is -0.285. The molecule has 6 heteroatoms. The number of halogens is 2. The highest BCUT2D eigenvalue weighted by Gasteiger charge is 2.20. The molecule has 1 atom stereocenters. The third kappa shape index (κ3) is 2.80. The Morgan fingerprint density at radius 3 is 2.57 bits per heavy atom. The van der Waals surface area contributed by atoms with E-state index < -0.39 is 0 Å². The summed E-state index contributed by atoms with van der Waals surface area (Å²) in [4.78, 5) is 0. The molecule has 0 spiro atoms. The average molecular weight is 325 g/mol. The predicted octanol–water partition coefficient (Wildman–Crippen LogP) is 3.32. The van der Waals surface area contributed by atoms with Gasteiger partial charge in [0.2, 0.25) is 0 Å². The van der Waals surface area contributed by atoms with E-state index in [-0.39, 0.29) is 6.04 Å². The fourth-order valence-corrected chi connectivity index (χ4v) is 2.77. The molecule has 3 rings (SSSR count). The van der Waals surface area contributed by atoms with Gasteiger partial charge in [0.05, 0.1) is 16.1 Å². The average Bonchev–Trinajstić information content (AvgIpc) is 2.52. The lowest BCUT2D eigenvalue weighted by molar-refractivity contribution is 0.171. The van der Waals surface area contributed by atoms with Gasteiger partial charge in [-0.25, -0.2) is 5.43 Å². The van der Waals surface area contributed by atoms with Crippen molar-refractivity contribution in [3.63, 3.8) is 0 Å². The van der Waals surface area contributed by atoms with Crippen molar-refractivity contribution in [1.29, 1.82) is 0 Å². The van der Waals surface area contributed by atoms with Crippen LogP contribution < -0.4 is 20.7 Å². The number of hydrogen-bond acceptors (Lipinski definition) is 4. The molecule has 2 aromatic carbocycles. The van der Waals surface area contributed by atoms with Gasteiger partial charge in [0.1, 0.15) is 13.2 Å². The molecule has 0 saturated heterocycles. The number of rotatable bonds is 3. The Morgan fingerprint density at radius 1 is 1.05 bits per heavy atom. The second-order valence-corrected chi connectivity index (χ2v) is 5.43. The summed E-state index contributed by atoms with van der Waals surface area (Å²) in [6, 6.07) is 10.9. The summed E-state index contributed by atoms with van der Waals surface area (Å²) in [5.74, 6) is 7.15. The maximum atomic E-state index is 6.28. The summed E-state index contributed by atoms with van der Waals surface area (Å²) in [5.41, 5.74) is 4.50. The van der Waals surface area contributed by atoms with Crippen molar-refractivity contribution in [2.24, 2.45) is 5.84 Å². The number of hydrazine groups is 1. The highest BCUT2D eigenvalue weighted by atomic mass is 35.5. The maximum Gasteiger partial charge on any atom is 0.161 e. The smallest absolute Gasteiger partial charge is 0.161 e. The minimum absolute atomic E-state index is 0.285. The first-order valence-electron chi connectivity index (χ1n) is 6.50. The molecule has 0 saturated carbocycles. The molecule has 0 bridgehead atoms. The van der Waals surface area contributed by atoms with Crippen molar-refractivity contribution in [1.82, 2.24) is 5.43 Å². The molecule has 1 unspecified atom stereocenters. The predicted molar refractivity (Wildman–Crippen MR) is 83.1 cm³/mol. The molecule has 0 fully saturated rings. The first kappa shape index (κ1) is 14.5. The second kappa shape index (κ2) is 6.12. The van der Waals surface area contributed by atoms with Crippen LogP contribution in [0.4, 0.5) is 0 Å². The molecule has 0 amide bonds. The third-order valence-electron chi connectivity index (χ3n) is 3.36. The van der Waals surface area contributed by atoms with E-state index in [1.165, 1.54) is 0 Å². The van der Waals surface area contributed by atoms with Crippen molar-refractivity contribution >= 4 is 23.2 Å². The van der Waals surface area contributed by atoms with Gasteiger partial charge in [0, 0.05) is 0 Å². The molecule has 0 aliphatic carbocycles.